The van der Waals surface area contributed by atoms with Crippen LogP contribution in [0.25, 0.3) is 0 Å². The topological polar surface area (TPSA) is 55.8 Å². The lowest BCUT2D eigenvalue weighted by Crippen LogP contribution is -2.36. The van der Waals surface area contributed by atoms with Crippen molar-refractivity contribution in [1.29, 1.82) is 0 Å². The van der Waals surface area contributed by atoms with E-state index in [0.29, 0.717) is 0 Å². The van der Waals surface area contributed by atoms with Gasteiger partial charge < -0.3 is 9.47 Å². The van der Waals surface area contributed by atoms with Crippen LogP contribution in [0.5, 0.6) is 0 Å². The Morgan fingerprint density at radius 2 is 2.11 bits per heavy atom. The van der Waals surface area contributed by atoms with E-state index in [9.17, 15) is 9.59 Å². The highest BCUT2D eigenvalue weighted by atomic mass is 16.6. The Morgan fingerprint density at radius 1 is 1.39 bits per heavy atom. The van der Waals surface area contributed by atoms with Gasteiger partial charge in [0.2, 0.25) is 0 Å². The monoisotopic (exact) mass is 247 g/mol. The Morgan fingerprint density at radius 3 is 2.83 bits per heavy atom. The molecule has 3 atom stereocenters. The van der Waals surface area contributed by atoms with Gasteiger partial charge in [0.15, 0.2) is 6.10 Å². The van der Waals surface area contributed by atoms with Crippen molar-refractivity contribution in [2.24, 2.45) is 0 Å². The summed E-state index contributed by atoms with van der Waals surface area (Å²) < 4.78 is 10.6. The summed E-state index contributed by atoms with van der Waals surface area (Å²) in [5.74, 6) is -0.358. The van der Waals surface area contributed by atoms with Crippen molar-refractivity contribution in [3.05, 3.63) is 29.8 Å². The van der Waals surface area contributed by atoms with Crippen LogP contribution in [-0.4, -0.2) is 24.2 Å². The van der Waals surface area contributed by atoms with Crippen molar-refractivity contribution in [3.63, 3.8) is 0 Å². The van der Waals surface area contributed by atoms with Crippen LogP contribution in [0, 0.1) is 0 Å². The number of hydrogen-bond donors (Lipinski definition) is 0. The summed E-state index contributed by atoms with van der Waals surface area (Å²) in [7, 11) is 0. The number of benzene rings is 1. The molecule has 2 heterocycles. The summed E-state index contributed by atoms with van der Waals surface area (Å²) in [6.45, 7) is 3.18. The molecule has 0 unspecified atom stereocenters. The smallest absolute Gasteiger partial charge is 0.415 e. The van der Waals surface area contributed by atoms with Crippen molar-refractivity contribution in [3.8, 4) is 0 Å². The maximum atomic E-state index is 11.8. The van der Waals surface area contributed by atoms with Crippen LogP contribution in [0.4, 0.5) is 10.5 Å². The standard InChI is InChI=1S/C13H13NO4/c1-7-11-12(18-8(2)15)9-5-3-4-6-10(9)14(11)13(16)17-7/h3-7,11-12H,1-2H3/t7-,11+,12+/m1/s1. The van der Waals surface area contributed by atoms with Gasteiger partial charge in [0.25, 0.3) is 0 Å². The summed E-state index contributed by atoms with van der Waals surface area (Å²) in [4.78, 5) is 24.6. The van der Waals surface area contributed by atoms with E-state index in [2.05, 4.69) is 0 Å². The lowest BCUT2D eigenvalue weighted by atomic mass is 10.0. The third kappa shape index (κ3) is 1.40. The zero-order valence-electron chi connectivity index (χ0n) is 10.1. The molecule has 0 saturated carbocycles. The summed E-state index contributed by atoms with van der Waals surface area (Å²) in [6, 6.07) is 7.17. The van der Waals surface area contributed by atoms with E-state index in [-0.39, 0.29) is 24.2 Å². The van der Waals surface area contributed by atoms with Gasteiger partial charge in [-0.1, -0.05) is 18.2 Å². The van der Waals surface area contributed by atoms with E-state index in [0.717, 1.165) is 11.3 Å². The number of cyclic esters (lactones) is 1. The number of esters is 1. The van der Waals surface area contributed by atoms with E-state index in [1.165, 1.54) is 6.92 Å². The largest absolute Gasteiger partial charge is 0.455 e. The fourth-order valence-electron chi connectivity index (χ4n) is 2.70. The second-order valence-electron chi connectivity index (χ2n) is 4.54. The lowest BCUT2D eigenvalue weighted by Gasteiger charge is -2.20. The maximum Gasteiger partial charge on any atom is 0.415 e. The second kappa shape index (κ2) is 3.73. The normalized spacial score (nSPS) is 28.7. The van der Waals surface area contributed by atoms with Crippen molar-refractivity contribution >= 4 is 17.7 Å². The van der Waals surface area contributed by atoms with Crippen molar-refractivity contribution < 1.29 is 19.1 Å². The van der Waals surface area contributed by atoms with E-state index >= 15 is 0 Å². The first-order valence-corrected chi connectivity index (χ1v) is 5.85. The first-order chi connectivity index (χ1) is 8.59. The molecule has 5 nitrogen and oxygen atoms in total. The first kappa shape index (κ1) is 11.1. The predicted octanol–water partition coefficient (Wildman–Crippen LogP) is 2.02. The summed E-state index contributed by atoms with van der Waals surface area (Å²) in [6.07, 6.45) is -1.12. The summed E-state index contributed by atoms with van der Waals surface area (Å²) in [5, 5.41) is 0. The number of amides is 1. The van der Waals surface area contributed by atoms with Gasteiger partial charge in [-0.3, -0.25) is 9.69 Å². The number of hydrogen-bond acceptors (Lipinski definition) is 4. The molecule has 0 bridgehead atoms. The van der Waals surface area contributed by atoms with Crippen LogP contribution < -0.4 is 4.90 Å². The number of anilines is 1. The van der Waals surface area contributed by atoms with Crippen molar-refractivity contribution in [2.75, 3.05) is 4.90 Å². The molecule has 1 aromatic carbocycles. The second-order valence-corrected chi connectivity index (χ2v) is 4.54. The van der Waals surface area contributed by atoms with Crippen molar-refractivity contribution in [1.82, 2.24) is 0 Å². The number of carbonyl (C=O) groups excluding carboxylic acids is 2. The molecule has 94 valence electrons. The highest BCUT2D eigenvalue weighted by molar-refractivity contribution is 5.94. The first-order valence-electron chi connectivity index (χ1n) is 5.85. The summed E-state index contributed by atoms with van der Waals surface area (Å²) in [5.41, 5.74) is 1.63. The van der Waals surface area contributed by atoms with Crippen LogP contribution in [0.15, 0.2) is 24.3 Å². The quantitative estimate of drug-likeness (QED) is 0.712. The third-order valence-corrected chi connectivity index (χ3v) is 3.37. The van der Waals surface area contributed by atoms with Gasteiger partial charge in [0.05, 0.1) is 5.69 Å². The van der Waals surface area contributed by atoms with Gasteiger partial charge in [-0.05, 0) is 13.0 Å². The highest BCUT2D eigenvalue weighted by Crippen LogP contribution is 2.46. The van der Waals surface area contributed by atoms with Crippen LogP contribution in [0.2, 0.25) is 0 Å². The molecule has 18 heavy (non-hydrogen) atoms. The molecule has 1 saturated heterocycles. The van der Waals surface area contributed by atoms with Crippen LogP contribution in [0.3, 0.4) is 0 Å². The molecule has 5 heteroatoms. The minimum atomic E-state index is -0.444. The van der Waals surface area contributed by atoms with Gasteiger partial charge in [0, 0.05) is 12.5 Å². The molecule has 1 aromatic rings. The molecule has 3 rings (SSSR count). The minimum absolute atomic E-state index is 0.265. The molecule has 0 spiro atoms. The summed E-state index contributed by atoms with van der Waals surface area (Å²) >= 11 is 0. The number of para-hydroxylation sites is 1. The Balaban J connectivity index is 2.09. The molecule has 1 amide bonds. The average Bonchev–Trinajstić information content (AvgIpc) is 2.78. The molecule has 2 aliphatic heterocycles. The van der Waals surface area contributed by atoms with Gasteiger partial charge >= 0.3 is 12.1 Å². The molecule has 0 aromatic heterocycles. The fraction of sp³-hybridized carbons (Fsp3) is 0.385. The number of ether oxygens (including phenoxy) is 2. The number of fused-ring (bicyclic) bond motifs is 3. The van der Waals surface area contributed by atoms with Crippen LogP contribution in [0.1, 0.15) is 25.5 Å². The molecule has 2 aliphatic rings. The Bertz CT molecular complexity index is 527. The fourth-order valence-corrected chi connectivity index (χ4v) is 2.70. The third-order valence-electron chi connectivity index (χ3n) is 3.37. The Hall–Kier alpha value is -2.04. The zero-order chi connectivity index (χ0) is 12.9. The number of nitrogens with zero attached hydrogens (tertiary/aromatic N) is 1. The molecular weight excluding hydrogens is 234 g/mol. The van der Waals surface area contributed by atoms with Gasteiger partial charge in [-0.25, -0.2) is 4.79 Å². The number of rotatable bonds is 1. The SMILES string of the molecule is CC(=O)O[C@H]1c2ccccc2N2C(=O)O[C@H](C)[C@@H]12. The molecule has 0 aliphatic carbocycles. The van der Waals surface area contributed by atoms with Gasteiger partial charge in [-0.2, -0.15) is 0 Å². The van der Waals surface area contributed by atoms with Crippen molar-refractivity contribution in [2.45, 2.75) is 32.1 Å². The van der Waals surface area contributed by atoms with Crippen LogP contribution in [-0.2, 0) is 14.3 Å². The van der Waals surface area contributed by atoms with E-state index in [1.54, 1.807) is 4.90 Å². The average molecular weight is 247 g/mol. The molecule has 0 N–H and O–H groups in total. The predicted molar refractivity (Wildman–Crippen MR) is 63.2 cm³/mol. The Kier molecular flexibility index (Phi) is 2.29. The van der Waals surface area contributed by atoms with Gasteiger partial charge in [0.1, 0.15) is 12.1 Å². The number of carbonyl (C=O) groups is 2. The van der Waals surface area contributed by atoms with Crippen LogP contribution >= 0.6 is 0 Å². The van der Waals surface area contributed by atoms with Gasteiger partial charge in [-0.15, -0.1) is 0 Å². The Labute approximate surface area is 104 Å². The zero-order valence-corrected chi connectivity index (χ0v) is 10.1. The lowest BCUT2D eigenvalue weighted by molar-refractivity contribution is -0.147. The van der Waals surface area contributed by atoms with E-state index < -0.39 is 6.10 Å². The van der Waals surface area contributed by atoms with E-state index in [4.69, 9.17) is 9.47 Å². The minimum Gasteiger partial charge on any atom is -0.455 e. The highest BCUT2D eigenvalue weighted by Gasteiger charge is 2.52. The van der Waals surface area contributed by atoms with E-state index in [1.807, 2.05) is 31.2 Å². The molecule has 0 radical (unpaired) electrons. The molecular formula is C13H13NO4. The maximum absolute atomic E-state index is 11.8. The molecule has 1 fully saturated rings.